The zero-order valence-corrected chi connectivity index (χ0v) is 14.2. The number of carbonyl (C=O) groups excluding carboxylic acids is 2. The smallest absolute Gasteiger partial charge is 0.228 e. The number of fused-ring (bicyclic) bond motifs is 1. The number of nitrogens with zero attached hydrogens (tertiary/aromatic N) is 2. The molecule has 3 heterocycles. The molecule has 0 bridgehead atoms. The van der Waals surface area contributed by atoms with Gasteiger partial charge in [-0.3, -0.25) is 9.59 Å². The average molecular weight is 307 g/mol. The van der Waals surface area contributed by atoms with E-state index in [1.165, 1.54) is 0 Å². The van der Waals surface area contributed by atoms with E-state index in [2.05, 4.69) is 24.1 Å². The van der Waals surface area contributed by atoms with Crippen molar-refractivity contribution in [2.75, 3.05) is 39.3 Å². The highest BCUT2D eigenvalue weighted by Crippen LogP contribution is 2.56. The Morgan fingerprint density at radius 3 is 2.41 bits per heavy atom. The number of likely N-dealkylation sites (tertiary alicyclic amines) is 2. The van der Waals surface area contributed by atoms with Gasteiger partial charge in [-0.15, -0.1) is 0 Å². The first-order valence-corrected chi connectivity index (χ1v) is 8.65. The third-order valence-corrected chi connectivity index (χ3v) is 6.10. The molecule has 2 amide bonds. The van der Waals surface area contributed by atoms with E-state index in [0.29, 0.717) is 5.92 Å². The van der Waals surface area contributed by atoms with Gasteiger partial charge in [0.1, 0.15) is 0 Å². The number of rotatable bonds is 2. The summed E-state index contributed by atoms with van der Waals surface area (Å²) in [5.41, 5.74) is -0.154. The van der Waals surface area contributed by atoms with Gasteiger partial charge >= 0.3 is 0 Å². The molecule has 0 radical (unpaired) electrons. The summed E-state index contributed by atoms with van der Waals surface area (Å²) in [7, 11) is 0. The molecule has 3 rings (SSSR count). The summed E-state index contributed by atoms with van der Waals surface area (Å²) in [5.74, 6) is 1.04. The maximum Gasteiger partial charge on any atom is 0.228 e. The van der Waals surface area contributed by atoms with Crippen molar-refractivity contribution in [3.63, 3.8) is 0 Å². The number of nitrogens with one attached hydrogen (secondary N) is 1. The molecule has 124 valence electrons. The van der Waals surface area contributed by atoms with Gasteiger partial charge in [-0.25, -0.2) is 0 Å². The van der Waals surface area contributed by atoms with Crippen LogP contribution in [-0.2, 0) is 9.59 Å². The van der Waals surface area contributed by atoms with Crippen molar-refractivity contribution in [3.05, 3.63) is 0 Å². The van der Waals surface area contributed by atoms with Crippen LogP contribution in [0.4, 0.5) is 0 Å². The topological polar surface area (TPSA) is 52.7 Å². The number of amides is 2. The van der Waals surface area contributed by atoms with Gasteiger partial charge in [0.05, 0.1) is 5.41 Å². The number of hydrogen-bond acceptors (Lipinski definition) is 3. The van der Waals surface area contributed by atoms with E-state index in [1.807, 2.05) is 4.90 Å². The summed E-state index contributed by atoms with van der Waals surface area (Å²) in [5, 5.41) is 3.09. The first kappa shape index (κ1) is 15.8. The predicted octanol–water partition coefficient (Wildman–Crippen LogP) is 1.09. The highest BCUT2D eigenvalue weighted by molar-refractivity contribution is 5.86. The van der Waals surface area contributed by atoms with Crippen LogP contribution in [0.5, 0.6) is 0 Å². The molecule has 3 aliphatic rings. The molecule has 0 unspecified atom stereocenters. The Kier molecular flexibility index (Phi) is 3.96. The van der Waals surface area contributed by atoms with Crippen molar-refractivity contribution in [3.8, 4) is 0 Å². The fourth-order valence-corrected chi connectivity index (χ4v) is 5.05. The van der Waals surface area contributed by atoms with Gasteiger partial charge < -0.3 is 15.1 Å². The Morgan fingerprint density at radius 2 is 1.91 bits per heavy atom. The van der Waals surface area contributed by atoms with E-state index in [4.69, 9.17) is 0 Å². The molecule has 5 heteroatoms. The summed E-state index contributed by atoms with van der Waals surface area (Å²) in [6.45, 7) is 11.5. The third-order valence-electron chi connectivity index (χ3n) is 6.10. The maximum atomic E-state index is 12.7. The molecule has 0 aromatic carbocycles. The summed E-state index contributed by atoms with van der Waals surface area (Å²) in [4.78, 5) is 28.8. The van der Waals surface area contributed by atoms with Crippen molar-refractivity contribution in [1.82, 2.24) is 15.1 Å². The van der Waals surface area contributed by atoms with Gasteiger partial charge in [-0.05, 0) is 25.2 Å². The minimum Gasteiger partial charge on any atom is -0.356 e. The second kappa shape index (κ2) is 5.52. The molecule has 0 saturated carbocycles. The Bertz CT molecular complexity index is 469. The maximum absolute atomic E-state index is 12.7. The van der Waals surface area contributed by atoms with E-state index in [0.717, 1.165) is 58.5 Å². The average Bonchev–Trinajstić information content (AvgIpc) is 2.93. The van der Waals surface area contributed by atoms with Crippen molar-refractivity contribution < 1.29 is 9.59 Å². The molecule has 0 aromatic rings. The van der Waals surface area contributed by atoms with Crippen LogP contribution in [0, 0.1) is 16.7 Å². The second-order valence-electron chi connectivity index (χ2n) is 7.94. The predicted molar refractivity (Wildman–Crippen MR) is 85.3 cm³/mol. The SMILES string of the molecule is CC(=O)N1CCC2(CC1)CN(CC(C)C)C[C@@]21CCNC1=O. The summed E-state index contributed by atoms with van der Waals surface area (Å²) in [6, 6.07) is 0. The van der Waals surface area contributed by atoms with Crippen LogP contribution in [0.1, 0.15) is 40.0 Å². The molecular formula is C17H29N3O2. The Hall–Kier alpha value is -1.10. The van der Waals surface area contributed by atoms with Gasteiger partial charge in [0.15, 0.2) is 0 Å². The molecule has 0 aliphatic carbocycles. The molecule has 2 spiro atoms. The molecule has 3 fully saturated rings. The van der Waals surface area contributed by atoms with Crippen molar-refractivity contribution in [2.24, 2.45) is 16.7 Å². The molecule has 5 nitrogen and oxygen atoms in total. The second-order valence-corrected chi connectivity index (χ2v) is 7.94. The fourth-order valence-electron chi connectivity index (χ4n) is 5.05. The van der Waals surface area contributed by atoms with Crippen LogP contribution in [0.3, 0.4) is 0 Å². The van der Waals surface area contributed by atoms with Gasteiger partial charge in [0.25, 0.3) is 0 Å². The van der Waals surface area contributed by atoms with Crippen LogP contribution < -0.4 is 5.32 Å². The van der Waals surface area contributed by atoms with E-state index >= 15 is 0 Å². The zero-order valence-electron chi connectivity index (χ0n) is 14.2. The van der Waals surface area contributed by atoms with Gasteiger partial charge in [0.2, 0.25) is 11.8 Å². The van der Waals surface area contributed by atoms with E-state index in [1.54, 1.807) is 6.92 Å². The van der Waals surface area contributed by atoms with E-state index in [-0.39, 0.29) is 22.6 Å². The molecule has 0 aromatic heterocycles. The Labute approximate surface area is 133 Å². The van der Waals surface area contributed by atoms with Crippen molar-refractivity contribution in [2.45, 2.75) is 40.0 Å². The number of piperidine rings is 1. The third kappa shape index (κ3) is 2.34. The minimum atomic E-state index is -0.217. The van der Waals surface area contributed by atoms with Gasteiger partial charge in [-0.2, -0.15) is 0 Å². The highest BCUT2D eigenvalue weighted by Gasteiger charge is 2.63. The first-order chi connectivity index (χ1) is 10.4. The molecule has 3 saturated heterocycles. The lowest BCUT2D eigenvalue weighted by molar-refractivity contribution is -0.137. The first-order valence-electron chi connectivity index (χ1n) is 8.65. The van der Waals surface area contributed by atoms with E-state index < -0.39 is 0 Å². The van der Waals surface area contributed by atoms with Crippen LogP contribution in [0.25, 0.3) is 0 Å². The van der Waals surface area contributed by atoms with Crippen molar-refractivity contribution >= 4 is 11.8 Å². The molecule has 1 N–H and O–H groups in total. The molecule has 3 aliphatic heterocycles. The standard InChI is InChI=1S/C17H29N3O2/c1-13(2)10-19-11-16(5-8-20(9-6-16)14(3)21)17(12-19)4-7-18-15(17)22/h13H,4-12H2,1-3H3,(H,18,22)/t17-/m1/s1. The quantitative estimate of drug-likeness (QED) is 0.831. The van der Waals surface area contributed by atoms with Crippen molar-refractivity contribution in [1.29, 1.82) is 0 Å². The number of carbonyl (C=O) groups is 2. The lowest BCUT2D eigenvalue weighted by Gasteiger charge is -2.46. The zero-order chi connectivity index (χ0) is 16.0. The van der Waals surface area contributed by atoms with Crippen LogP contribution in [-0.4, -0.2) is 60.9 Å². The normalized spacial score (nSPS) is 31.5. The Balaban J connectivity index is 1.84. The van der Waals surface area contributed by atoms with Crippen LogP contribution in [0.15, 0.2) is 0 Å². The molecule has 22 heavy (non-hydrogen) atoms. The lowest BCUT2D eigenvalue weighted by atomic mass is 9.60. The summed E-state index contributed by atoms with van der Waals surface area (Å²) in [6.07, 6.45) is 2.89. The fraction of sp³-hybridized carbons (Fsp3) is 0.882. The minimum absolute atomic E-state index is 0.0639. The summed E-state index contributed by atoms with van der Waals surface area (Å²) >= 11 is 0. The Morgan fingerprint density at radius 1 is 1.23 bits per heavy atom. The molecular weight excluding hydrogens is 278 g/mol. The highest BCUT2D eigenvalue weighted by atomic mass is 16.2. The number of hydrogen-bond donors (Lipinski definition) is 1. The molecule has 1 atom stereocenters. The largest absolute Gasteiger partial charge is 0.356 e. The van der Waals surface area contributed by atoms with Crippen LogP contribution in [0.2, 0.25) is 0 Å². The van der Waals surface area contributed by atoms with Gasteiger partial charge in [0, 0.05) is 51.6 Å². The van der Waals surface area contributed by atoms with Crippen LogP contribution >= 0.6 is 0 Å². The summed E-state index contributed by atoms with van der Waals surface area (Å²) < 4.78 is 0. The monoisotopic (exact) mass is 307 g/mol. The van der Waals surface area contributed by atoms with Gasteiger partial charge in [-0.1, -0.05) is 13.8 Å². The lowest BCUT2D eigenvalue weighted by Crippen LogP contribution is -2.53. The van der Waals surface area contributed by atoms with E-state index in [9.17, 15) is 9.59 Å².